The monoisotopic (exact) mass is 714 g/mol. The number of fused-ring (bicyclic) bond motifs is 1. The zero-order valence-electron chi connectivity index (χ0n) is 27.6. The van der Waals surface area contributed by atoms with Crippen LogP contribution in [0.3, 0.4) is 0 Å². The molecule has 2 fully saturated rings. The second-order valence-electron chi connectivity index (χ2n) is 12.9. The molecule has 2 amide bonds. The molecule has 1 aliphatic carbocycles. The number of hydrogen-bond donors (Lipinski definition) is 2. The Hall–Kier alpha value is -5.54. The Bertz CT molecular complexity index is 1980. The Balaban J connectivity index is 1.13. The summed E-state index contributed by atoms with van der Waals surface area (Å²) < 4.78 is 84.6. The molecule has 0 radical (unpaired) electrons. The van der Waals surface area contributed by atoms with Gasteiger partial charge in [0.05, 0.1) is 22.9 Å². The van der Waals surface area contributed by atoms with E-state index in [9.17, 15) is 32.1 Å². The lowest BCUT2D eigenvalue weighted by Gasteiger charge is -2.32. The molecule has 4 aromatic rings. The van der Waals surface area contributed by atoms with Gasteiger partial charge in [0.1, 0.15) is 34.1 Å². The molecule has 1 aliphatic heterocycles. The number of amides is 2. The number of hydrogen-bond acceptors (Lipinski definition) is 7. The number of carbonyl (C=O) groups is 2. The highest BCUT2D eigenvalue weighted by Gasteiger charge is 2.73. The first-order chi connectivity index (χ1) is 24.1. The Kier molecular flexibility index (Phi) is 9.44. The summed E-state index contributed by atoms with van der Waals surface area (Å²) in [4.78, 5) is 43.2. The van der Waals surface area contributed by atoms with Crippen LogP contribution < -0.4 is 25.0 Å². The number of anilines is 2. The van der Waals surface area contributed by atoms with E-state index < -0.39 is 53.1 Å². The van der Waals surface area contributed by atoms with Gasteiger partial charge in [0.15, 0.2) is 23.1 Å². The molecule has 2 atom stereocenters. The largest absolute Gasteiger partial charge is 0.493 e. The van der Waals surface area contributed by atoms with Gasteiger partial charge in [0.2, 0.25) is 5.91 Å². The number of piperidine rings is 1. The number of benzene rings is 3. The summed E-state index contributed by atoms with van der Waals surface area (Å²) in [7, 11) is 1.42. The molecule has 11 nitrogen and oxygen atoms in total. The summed E-state index contributed by atoms with van der Waals surface area (Å²) in [6.45, 7) is 3.25. The van der Waals surface area contributed by atoms with E-state index in [1.54, 1.807) is 26.0 Å². The summed E-state index contributed by atoms with van der Waals surface area (Å²) >= 11 is 0. The number of hydrazine groups is 1. The lowest BCUT2D eigenvalue weighted by Crippen LogP contribution is -2.47. The minimum Gasteiger partial charge on any atom is -0.493 e. The topological polar surface area (TPSA) is 122 Å². The molecular weight excluding hydrogens is 681 g/mol. The summed E-state index contributed by atoms with van der Waals surface area (Å²) in [6, 6.07) is 13.0. The van der Waals surface area contributed by atoms with Crippen LogP contribution >= 0.6 is 0 Å². The first-order valence-corrected chi connectivity index (χ1v) is 15.9. The fraction of sp³-hybridized carbons (Fsp3) is 0.343. The molecule has 51 heavy (non-hydrogen) atoms. The van der Waals surface area contributed by atoms with E-state index in [4.69, 9.17) is 14.2 Å². The van der Waals surface area contributed by atoms with E-state index in [0.29, 0.717) is 27.2 Å². The third-order valence-electron chi connectivity index (χ3n) is 9.06. The number of methoxy groups -OCH3 is 1. The van der Waals surface area contributed by atoms with Gasteiger partial charge in [0.25, 0.3) is 6.04 Å². The number of ether oxygens (including phenoxy) is 3. The predicted molar refractivity (Wildman–Crippen MR) is 174 cm³/mol. The van der Waals surface area contributed by atoms with Crippen molar-refractivity contribution in [3.63, 3.8) is 0 Å². The van der Waals surface area contributed by atoms with Crippen molar-refractivity contribution < 1.29 is 50.6 Å². The van der Waals surface area contributed by atoms with Crippen molar-refractivity contribution in [1.82, 2.24) is 9.88 Å². The third-order valence-corrected chi connectivity index (χ3v) is 9.06. The maximum Gasteiger partial charge on any atom is 0.471 e. The Morgan fingerprint density at radius 3 is 2.25 bits per heavy atom. The van der Waals surface area contributed by atoms with Crippen LogP contribution in [0.1, 0.15) is 26.7 Å². The van der Waals surface area contributed by atoms with Crippen molar-refractivity contribution in [2.75, 3.05) is 30.9 Å². The van der Waals surface area contributed by atoms with Gasteiger partial charge in [0, 0.05) is 55.3 Å². The van der Waals surface area contributed by atoms with Gasteiger partial charge >= 0.3 is 12.1 Å². The van der Waals surface area contributed by atoms with Gasteiger partial charge in [-0.1, -0.05) is 13.8 Å². The molecule has 268 valence electrons. The summed E-state index contributed by atoms with van der Waals surface area (Å²) in [5.74, 6) is -3.65. The molecule has 6 rings (SSSR count). The molecule has 2 aliphatic rings. The standard InChI is InChI=1S/C35H32F5N5O6/c1-34(2)30(32(46)42-20-6-4-19(36)5-7-20)31(34)45(48)43-21-8-9-27(24(37)16-21)51-26-10-13-41-25-18-28(49-3)29(17-23(25)26)50-22-11-14-44(15-12-22)33(47)35(38,39)40/h4-10,13,16-18,22,30-31H,11-12,14-15H2,1-3H3,(H-,42,43,46,48)/p+1/t30-,31-/m0/s1. The van der Waals surface area contributed by atoms with Gasteiger partial charge in [-0.3, -0.25) is 14.6 Å². The second kappa shape index (κ2) is 13.6. The molecule has 2 N–H and O–H groups in total. The van der Waals surface area contributed by atoms with Crippen molar-refractivity contribution in [3.05, 3.63) is 83.4 Å². The zero-order chi connectivity index (χ0) is 36.7. The number of nitroso groups, excluding NO2 is 1. The maximum atomic E-state index is 15.4. The van der Waals surface area contributed by atoms with Crippen molar-refractivity contribution >= 4 is 34.1 Å². The van der Waals surface area contributed by atoms with Gasteiger partial charge < -0.3 is 24.4 Å². The maximum absolute atomic E-state index is 15.4. The smallest absolute Gasteiger partial charge is 0.471 e. The molecule has 0 spiro atoms. The summed E-state index contributed by atoms with van der Waals surface area (Å²) in [6.07, 6.45) is -3.68. The highest BCUT2D eigenvalue weighted by Crippen LogP contribution is 2.54. The van der Waals surface area contributed by atoms with E-state index in [2.05, 4.69) is 15.7 Å². The van der Waals surface area contributed by atoms with Crippen molar-refractivity contribution in [2.45, 2.75) is 45.0 Å². The Labute approximate surface area is 288 Å². The molecular formula is C35H33F5N5O6+. The van der Waals surface area contributed by atoms with Crippen LogP contribution in [-0.4, -0.2) is 65.1 Å². The van der Waals surface area contributed by atoms with E-state index in [1.807, 2.05) is 0 Å². The first-order valence-electron chi connectivity index (χ1n) is 15.9. The highest BCUT2D eigenvalue weighted by molar-refractivity contribution is 5.95. The van der Waals surface area contributed by atoms with E-state index in [0.717, 1.165) is 11.0 Å². The molecule has 2 heterocycles. The number of pyridine rings is 1. The van der Waals surface area contributed by atoms with Crippen LogP contribution in [0, 0.1) is 27.9 Å². The number of aromatic nitrogens is 1. The van der Waals surface area contributed by atoms with E-state index in [1.165, 1.54) is 55.8 Å². The molecule has 1 aromatic heterocycles. The normalized spacial score (nSPS) is 18.5. The predicted octanol–water partition coefficient (Wildman–Crippen LogP) is 7.02. The molecule has 1 saturated carbocycles. The van der Waals surface area contributed by atoms with Gasteiger partial charge in [-0.05, 0) is 48.5 Å². The zero-order valence-corrected chi connectivity index (χ0v) is 27.6. The number of nitrogens with one attached hydrogen (secondary N) is 2. The number of alkyl halides is 3. The van der Waals surface area contributed by atoms with Crippen molar-refractivity contribution in [3.8, 4) is 23.0 Å². The van der Waals surface area contributed by atoms with Gasteiger partial charge in [-0.15, -0.1) is 5.43 Å². The van der Waals surface area contributed by atoms with Crippen LogP contribution in [0.25, 0.3) is 10.9 Å². The minimum atomic E-state index is -4.95. The average Bonchev–Trinajstić information content (AvgIpc) is 3.68. The molecule has 1 saturated heterocycles. The van der Waals surface area contributed by atoms with Gasteiger partial charge in [-0.25, -0.2) is 8.78 Å². The second-order valence-corrected chi connectivity index (χ2v) is 12.9. The molecule has 0 unspecified atom stereocenters. The number of halogens is 5. The van der Waals surface area contributed by atoms with Gasteiger partial charge in [-0.2, -0.15) is 13.2 Å². The number of nitrogens with zero attached hydrogens (tertiary/aromatic N) is 3. The Morgan fingerprint density at radius 2 is 1.61 bits per heavy atom. The highest BCUT2D eigenvalue weighted by atomic mass is 19.4. The number of rotatable bonds is 10. The lowest BCUT2D eigenvalue weighted by atomic mass is 10.1. The first kappa shape index (κ1) is 35.3. The minimum absolute atomic E-state index is 0.109. The quantitative estimate of drug-likeness (QED) is 0.102. The molecule has 16 heteroatoms. The lowest BCUT2D eigenvalue weighted by molar-refractivity contribution is -0.540. The SMILES string of the molecule is COc1cc2nccc(Oc3ccc(N[N+](=O)[C@H]4[C@@H](C(=O)Nc5ccc(F)cc5)C4(C)C)cc3F)c2cc1OC1CCN(C(=O)C(F)(F)F)CC1. The van der Waals surface area contributed by atoms with Crippen molar-refractivity contribution in [2.24, 2.45) is 11.3 Å². The van der Waals surface area contributed by atoms with E-state index in [-0.39, 0.29) is 48.9 Å². The third kappa shape index (κ3) is 7.49. The van der Waals surface area contributed by atoms with Crippen LogP contribution in [-0.2, 0) is 9.59 Å². The molecule has 0 bridgehead atoms. The Morgan fingerprint density at radius 1 is 0.922 bits per heavy atom. The van der Waals surface area contributed by atoms with Crippen LogP contribution in [0.4, 0.5) is 33.3 Å². The molecule has 3 aromatic carbocycles. The number of likely N-dealkylation sites (tertiary alicyclic amines) is 1. The van der Waals surface area contributed by atoms with Crippen LogP contribution in [0.15, 0.2) is 66.9 Å². The summed E-state index contributed by atoms with van der Waals surface area (Å²) in [5.41, 5.74) is 2.80. The fourth-order valence-electron chi connectivity index (χ4n) is 6.26. The van der Waals surface area contributed by atoms with Crippen molar-refractivity contribution in [1.29, 1.82) is 0 Å². The van der Waals surface area contributed by atoms with E-state index >= 15 is 4.39 Å². The van der Waals surface area contributed by atoms with Crippen LogP contribution in [0.2, 0.25) is 0 Å². The average molecular weight is 715 g/mol. The van der Waals surface area contributed by atoms with Crippen LogP contribution in [0.5, 0.6) is 23.0 Å². The summed E-state index contributed by atoms with van der Waals surface area (Å²) in [5, 5.41) is 3.11. The fourth-order valence-corrected chi connectivity index (χ4v) is 6.26. The number of carbonyl (C=O) groups excluding carboxylic acids is 2.